The Labute approximate surface area is 89.1 Å². The van der Waals surface area contributed by atoms with E-state index in [9.17, 15) is 18.0 Å². The minimum atomic E-state index is -1.56. The lowest BCUT2D eigenvalue weighted by molar-refractivity contribution is 0.101. The zero-order chi connectivity index (χ0) is 12.0. The maximum absolute atomic E-state index is 13.5. The molecule has 0 spiro atoms. The highest BCUT2D eigenvalue weighted by Crippen LogP contribution is 2.28. The van der Waals surface area contributed by atoms with E-state index < -0.39 is 23.2 Å². The van der Waals surface area contributed by atoms with E-state index in [1.54, 1.807) is 6.92 Å². The van der Waals surface area contributed by atoms with Crippen LogP contribution in [-0.4, -0.2) is 10.8 Å². The van der Waals surface area contributed by atoms with E-state index in [4.69, 9.17) is 0 Å². The Balaban J connectivity index is 2.98. The highest BCUT2D eigenvalue weighted by molar-refractivity contribution is 6.08. The van der Waals surface area contributed by atoms with E-state index in [1.165, 1.54) is 6.92 Å². The highest BCUT2D eigenvalue weighted by atomic mass is 19.2. The summed E-state index contributed by atoms with van der Waals surface area (Å²) in [5, 5.41) is -0.191. The number of aromatic amines is 1. The maximum Gasteiger partial charge on any atom is 0.195 e. The quantitative estimate of drug-likeness (QED) is 0.589. The van der Waals surface area contributed by atoms with Crippen LogP contribution in [0.15, 0.2) is 6.07 Å². The summed E-state index contributed by atoms with van der Waals surface area (Å²) in [7, 11) is 0. The summed E-state index contributed by atoms with van der Waals surface area (Å²) in [6.45, 7) is 2.79. The van der Waals surface area contributed by atoms with Gasteiger partial charge in [-0.25, -0.2) is 13.2 Å². The molecular formula is C11H8F3NO. The first kappa shape index (κ1) is 10.7. The molecule has 0 bridgehead atoms. The topological polar surface area (TPSA) is 32.9 Å². The molecule has 16 heavy (non-hydrogen) atoms. The van der Waals surface area contributed by atoms with Crippen LogP contribution in [0.25, 0.3) is 10.9 Å². The van der Waals surface area contributed by atoms with Crippen molar-refractivity contribution in [2.75, 3.05) is 0 Å². The Hall–Kier alpha value is -1.78. The van der Waals surface area contributed by atoms with Gasteiger partial charge in [-0.2, -0.15) is 0 Å². The van der Waals surface area contributed by atoms with Gasteiger partial charge in [-0.3, -0.25) is 4.79 Å². The van der Waals surface area contributed by atoms with Gasteiger partial charge >= 0.3 is 0 Å². The van der Waals surface area contributed by atoms with E-state index in [-0.39, 0.29) is 16.5 Å². The molecule has 0 aliphatic rings. The molecule has 1 aromatic carbocycles. The molecule has 2 rings (SSSR count). The molecule has 1 N–H and O–H groups in total. The number of halogens is 3. The fourth-order valence-corrected chi connectivity index (χ4v) is 1.83. The SMILES string of the molecule is CC(=O)c1c(C)[nH]c2cc(F)c(F)c(F)c12. The first-order valence-electron chi connectivity index (χ1n) is 4.60. The third-order valence-corrected chi connectivity index (χ3v) is 2.46. The Morgan fingerprint density at radius 1 is 1.25 bits per heavy atom. The lowest BCUT2D eigenvalue weighted by atomic mass is 10.1. The number of nitrogens with one attached hydrogen (secondary N) is 1. The monoisotopic (exact) mass is 227 g/mol. The smallest absolute Gasteiger partial charge is 0.195 e. The number of rotatable bonds is 1. The standard InChI is InChI=1S/C11H8F3NO/c1-4-8(5(2)16)9-7(15-4)3-6(12)10(13)11(9)14/h3,15H,1-2H3. The summed E-state index contributed by atoms with van der Waals surface area (Å²) < 4.78 is 39.5. The van der Waals surface area contributed by atoms with Crippen LogP contribution in [0.4, 0.5) is 13.2 Å². The van der Waals surface area contributed by atoms with Crippen molar-refractivity contribution in [3.05, 3.63) is 34.8 Å². The van der Waals surface area contributed by atoms with Gasteiger partial charge in [0.25, 0.3) is 0 Å². The molecule has 2 aromatic rings. The van der Waals surface area contributed by atoms with Gasteiger partial charge in [-0.1, -0.05) is 0 Å². The average Bonchev–Trinajstić information content (AvgIpc) is 2.51. The van der Waals surface area contributed by atoms with Gasteiger partial charge in [0.2, 0.25) is 0 Å². The predicted octanol–water partition coefficient (Wildman–Crippen LogP) is 3.10. The maximum atomic E-state index is 13.5. The predicted molar refractivity (Wildman–Crippen MR) is 52.9 cm³/mol. The number of hydrogen-bond donors (Lipinski definition) is 1. The summed E-state index contributed by atoms with van der Waals surface area (Å²) in [6.07, 6.45) is 0. The second-order valence-electron chi connectivity index (χ2n) is 3.59. The molecule has 0 radical (unpaired) electrons. The second kappa shape index (κ2) is 3.37. The number of carbonyl (C=O) groups is 1. The summed E-state index contributed by atoms with van der Waals surface area (Å²) in [5.41, 5.74) is 0.539. The molecule has 0 unspecified atom stereocenters. The number of Topliss-reactive ketones (excluding diaryl/α,β-unsaturated/α-hetero) is 1. The van der Waals surface area contributed by atoms with Crippen LogP contribution in [-0.2, 0) is 0 Å². The van der Waals surface area contributed by atoms with Crippen molar-refractivity contribution in [3.8, 4) is 0 Å². The molecule has 84 valence electrons. The summed E-state index contributed by atoms with van der Waals surface area (Å²) in [5.74, 6) is -4.56. The number of H-pyrrole nitrogens is 1. The number of fused-ring (bicyclic) bond motifs is 1. The lowest BCUT2D eigenvalue weighted by Crippen LogP contribution is -1.97. The minimum absolute atomic E-state index is 0.0615. The third-order valence-electron chi connectivity index (χ3n) is 2.46. The van der Waals surface area contributed by atoms with Gasteiger partial charge in [0.15, 0.2) is 23.2 Å². The van der Waals surface area contributed by atoms with Gasteiger partial charge in [0, 0.05) is 22.7 Å². The number of aromatic nitrogens is 1. The van der Waals surface area contributed by atoms with E-state index in [0.29, 0.717) is 5.69 Å². The van der Waals surface area contributed by atoms with Crippen LogP contribution in [0.5, 0.6) is 0 Å². The van der Waals surface area contributed by atoms with Gasteiger partial charge < -0.3 is 4.98 Å². The van der Waals surface area contributed by atoms with Crippen molar-refractivity contribution < 1.29 is 18.0 Å². The normalized spacial score (nSPS) is 11.1. The second-order valence-corrected chi connectivity index (χ2v) is 3.59. The van der Waals surface area contributed by atoms with Gasteiger partial charge in [0.05, 0.1) is 5.52 Å². The molecular weight excluding hydrogens is 219 g/mol. The molecule has 0 saturated heterocycles. The van der Waals surface area contributed by atoms with Crippen molar-refractivity contribution in [2.45, 2.75) is 13.8 Å². The highest BCUT2D eigenvalue weighted by Gasteiger charge is 2.21. The molecule has 0 fully saturated rings. The summed E-state index contributed by atoms with van der Waals surface area (Å²) >= 11 is 0. The van der Waals surface area contributed by atoms with E-state index in [2.05, 4.69) is 4.98 Å². The summed E-state index contributed by atoms with van der Waals surface area (Å²) in [4.78, 5) is 13.9. The van der Waals surface area contributed by atoms with Crippen LogP contribution in [0, 0.1) is 24.4 Å². The molecule has 0 saturated carbocycles. The third kappa shape index (κ3) is 1.31. The van der Waals surface area contributed by atoms with Gasteiger partial charge in [0.1, 0.15) is 0 Å². The molecule has 0 aliphatic carbocycles. The van der Waals surface area contributed by atoms with Crippen molar-refractivity contribution in [3.63, 3.8) is 0 Å². The molecule has 1 aromatic heterocycles. The van der Waals surface area contributed by atoms with Crippen LogP contribution < -0.4 is 0 Å². The zero-order valence-corrected chi connectivity index (χ0v) is 8.62. The molecule has 1 heterocycles. The van der Waals surface area contributed by atoms with Gasteiger partial charge in [-0.15, -0.1) is 0 Å². The number of hydrogen-bond acceptors (Lipinski definition) is 1. The van der Waals surface area contributed by atoms with Crippen LogP contribution >= 0.6 is 0 Å². The number of aryl methyl sites for hydroxylation is 1. The van der Waals surface area contributed by atoms with Crippen LogP contribution in [0.3, 0.4) is 0 Å². The van der Waals surface area contributed by atoms with Crippen LogP contribution in [0.1, 0.15) is 23.0 Å². The van der Waals surface area contributed by atoms with Crippen molar-refractivity contribution in [1.82, 2.24) is 4.98 Å². The number of carbonyl (C=O) groups excluding carboxylic acids is 1. The van der Waals surface area contributed by atoms with E-state index >= 15 is 0 Å². The Kier molecular flexibility index (Phi) is 2.26. The van der Waals surface area contributed by atoms with Crippen molar-refractivity contribution >= 4 is 16.7 Å². The fourth-order valence-electron chi connectivity index (χ4n) is 1.83. The first-order valence-corrected chi connectivity index (χ1v) is 4.60. The lowest BCUT2D eigenvalue weighted by Gasteiger charge is -1.99. The van der Waals surface area contributed by atoms with Crippen molar-refractivity contribution in [2.24, 2.45) is 0 Å². The number of benzene rings is 1. The molecule has 0 amide bonds. The molecule has 2 nitrogen and oxygen atoms in total. The Morgan fingerprint density at radius 3 is 2.44 bits per heavy atom. The minimum Gasteiger partial charge on any atom is -0.358 e. The molecule has 5 heteroatoms. The Bertz CT molecular complexity index is 601. The van der Waals surface area contributed by atoms with Crippen LogP contribution in [0.2, 0.25) is 0 Å². The van der Waals surface area contributed by atoms with E-state index in [0.717, 1.165) is 6.07 Å². The van der Waals surface area contributed by atoms with E-state index in [1.807, 2.05) is 0 Å². The largest absolute Gasteiger partial charge is 0.358 e. The van der Waals surface area contributed by atoms with Gasteiger partial charge in [-0.05, 0) is 13.8 Å². The molecule has 0 atom stereocenters. The summed E-state index contributed by atoms with van der Waals surface area (Å²) in [6, 6.07) is 0.840. The first-order chi connectivity index (χ1) is 7.43. The zero-order valence-electron chi connectivity index (χ0n) is 8.62. The molecule has 0 aliphatic heterocycles. The Morgan fingerprint density at radius 2 is 1.88 bits per heavy atom. The van der Waals surface area contributed by atoms with Crippen molar-refractivity contribution in [1.29, 1.82) is 0 Å². The number of ketones is 1. The fraction of sp³-hybridized carbons (Fsp3) is 0.182. The average molecular weight is 227 g/mol.